The van der Waals surface area contributed by atoms with Crippen LogP contribution in [0.15, 0.2) is 18.2 Å². The van der Waals surface area contributed by atoms with Gasteiger partial charge >= 0.3 is 11.9 Å². The summed E-state index contributed by atoms with van der Waals surface area (Å²) in [5.41, 5.74) is 3.28. The van der Waals surface area contributed by atoms with Gasteiger partial charge in [-0.15, -0.1) is 0 Å². The van der Waals surface area contributed by atoms with Crippen molar-refractivity contribution in [3.8, 4) is 5.75 Å². The summed E-state index contributed by atoms with van der Waals surface area (Å²) in [5, 5.41) is 10.8. The van der Waals surface area contributed by atoms with Gasteiger partial charge in [0.05, 0.1) is 10.5 Å². The zero-order chi connectivity index (χ0) is 15.6. The molecule has 1 rings (SSSR count). The van der Waals surface area contributed by atoms with Gasteiger partial charge in [-0.1, -0.05) is 6.92 Å². The van der Waals surface area contributed by atoms with Crippen molar-refractivity contribution in [3.05, 3.63) is 33.9 Å². The third kappa shape index (κ3) is 4.09. The molecule has 0 heterocycles. The molecular weight excluding hydrogens is 277 g/mol. The first-order chi connectivity index (χ1) is 9.07. The second-order valence-electron chi connectivity index (χ2n) is 4.73. The molecule has 0 saturated carbocycles. The minimum Gasteiger partial charge on any atom is -0.485 e. The molecule has 20 heavy (non-hydrogen) atoms. The fourth-order valence-electron chi connectivity index (χ4n) is 1.30. The van der Waals surface area contributed by atoms with Gasteiger partial charge in [-0.25, -0.2) is 0 Å². The van der Waals surface area contributed by atoms with E-state index in [-0.39, 0.29) is 12.4 Å². The van der Waals surface area contributed by atoms with Crippen molar-refractivity contribution in [1.82, 2.24) is 0 Å². The second kappa shape index (κ2) is 5.66. The van der Waals surface area contributed by atoms with Crippen LogP contribution in [0.2, 0.25) is 0 Å². The number of nitrogens with zero attached hydrogens (tertiary/aromatic N) is 1. The highest BCUT2D eigenvalue weighted by molar-refractivity contribution is 5.49. The summed E-state index contributed by atoms with van der Waals surface area (Å²) in [4.78, 5) is 9.91. The minimum atomic E-state index is -4.64. The van der Waals surface area contributed by atoms with Crippen molar-refractivity contribution < 1.29 is 22.8 Å². The predicted octanol–water partition coefficient (Wildman–Crippen LogP) is 3.12. The molecule has 1 unspecified atom stereocenters. The first kappa shape index (κ1) is 16.2. The largest absolute Gasteiger partial charge is 0.485 e. The summed E-state index contributed by atoms with van der Waals surface area (Å²) < 4.78 is 42.7. The Hall–Kier alpha value is -1.83. The van der Waals surface area contributed by atoms with Gasteiger partial charge in [0.15, 0.2) is 5.75 Å². The van der Waals surface area contributed by atoms with Gasteiger partial charge in [0.2, 0.25) is 0 Å². The number of nitro benzene ring substituents is 1. The summed E-state index contributed by atoms with van der Waals surface area (Å²) in [5.74, 6) is -0.229. The van der Waals surface area contributed by atoms with Crippen molar-refractivity contribution in [3.63, 3.8) is 0 Å². The summed E-state index contributed by atoms with van der Waals surface area (Å²) in [6, 6.07) is 2.13. The molecule has 0 aliphatic heterocycles. The van der Waals surface area contributed by atoms with Crippen molar-refractivity contribution >= 4 is 5.69 Å². The van der Waals surface area contributed by atoms with E-state index in [1.165, 1.54) is 0 Å². The lowest BCUT2D eigenvalue weighted by molar-refractivity contribution is -0.386. The molecule has 2 N–H and O–H groups in total. The summed E-state index contributed by atoms with van der Waals surface area (Å²) in [6.07, 6.45) is -4.09. The van der Waals surface area contributed by atoms with Gasteiger partial charge in [0.25, 0.3) is 0 Å². The number of nitrogens with two attached hydrogens (primary N) is 1. The first-order valence-corrected chi connectivity index (χ1v) is 5.84. The SMILES string of the molecule is CCC(C)(N)COc1ccc(C(F)(F)F)cc1[N+](=O)[O-]. The molecule has 1 aromatic carbocycles. The maximum Gasteiger partial charge on any atom is 0.416 e. The topological polar surface area (TPSA) is 78.4 Å². The molecule has 1 aromatic rings. The van der Waals surface area contributed by atoms with E-state index in [1.54, 1.807) is 6.92 Å². The van der Waals surface area contributed by atoms with Crippen LogP contribution in [-0.4, -0.2) is 17.1 Å². The Labute approximate surface area is 113 Å². The highest BCUT2D eigenvalue weighted by Crippen LogP contribution is 2.36. The number of hydrogen-bond donors (Lipinski definition) is 1. The molecule has 0 saturated heterocycles. The molecule has 0 spiro atoms. The maximum atomic E-state index is 12.5. The molecule has 8 heteroatoms. The zero-order valence-corrected chi connectivity index (χ0v) is 11.0. The van der Waals surface area contributed by atoms with Crippen LogP contribution in [0.3, 0.4) is 0 Å². The van der Waals surface area contributed by atoms with E-state index in [9.17, 15) is 23.3 Å². The van der Waals surface area contributed by atoms with Crippen molar-refractivity contribution in [2.45, 2.75) is 32.0 Å². The zero-order valence-electron chi connectivity index (χ0n) is 11.0. The number of halogens is 3. The van der Waals surface area contributed by atoms with E-state index < -0.39 is 27.9 Å². The lowest BCUT2D eigenvalue weighted by Crippen LogP contribution is -2.41. The molecule has 112 valence electrons. The standard InChI is InChI=1S/C12H15F3N2O3/c1-3-11(2,16)7-20-10-5-4-8(12(13,14)15)6-9(10)17(18)19/h4-6H,3,7,16H2,1-2H3. The number of alkyl halides is 3. The molecule has 0 aliphatic rings. The smallest absolute Gasteiger partial charge is 0.416 e. The third-order valence-electron chi connectivity index (χ3n) is 2.85. The van der Waals surface area contributed by atoms with E-state index in [0.29, 0.717) is 12.5 Å². The molecule has 1 atom stereocenters. The van der Waals surface area contributed by atoms with E-state index in [0.717, 1.165) is 12.1 Å². The number of nitro groups is 1. The molecular formula is C12H15F3N2O3. The van der Waals surface area contributed by atoms with Crippen LogP contribution in [0.5, 0.6) is 5.75 Å². The quantitative estimate of drug-likeness (QED) is 0.668. The average molecular weight is 292 g/mol. The lowest BCUT2D eigenvalue weighted by Gasteiger charge is -2.22. The van der Waals surface area contributed by atoms with Gasteiger partial charge in [0.1, 0.15) is 6.61 Å². The second-order valence-corrected chi connectivity index (χ2v) is 4.73. The minimum absolute atomic E-state index is 0.0320. The molecule has 0 amide bonds. The first-order valence-electron chi connectivity index (χ1n) is 5.84. The van der Waals surface area contributed by atoms with Crippen LogP contribution in [0, 0.1) is 10.1 Å². The van der Waals surface area contributed by atoms with E-state index in [2.05, 4.69) is 0 Å². The molecule has 0 fully saturated rings. The van der Waals surface area contributed by atoms with Crippen molar-refractivity contribution in [1.29, 1.82) is 0 Å². The van der Waals surface area contributed by atoms with E-state index in [4.69, 9.17) is 10.5 Å². The third-order valence-corrected chi connectivity index (χ3v) is 2.85. The Balaban J connectivity index is 3.06. The molecule has 0 aromatic heterocycles. The summed E-state index contributed by atoms with van der Waals surface area (Å²) in [7, 11) is 0. The lowest BCUT2D eigenvalue weighted by atomic mass is 10.0. The fraction of sp³-hybridized carbons (Fsp3) is 0.500. The molecule has 0 radical (unpaired) electrons. The number of ether oxygens (including phenoxy) is 1. The van der Waals surface area contributed by atoms with Crippen LogP contribution in [-0.2, 0) is 6.18 Å². The Bertz CT molecular complexity index is 501. The average Bonchev–Trinajstić information content (AvgIpc) is 2.35. The van der Waals surface area contributed by atoms with Gasteiger partial charge in [-0.2, -0.15) is 13.2 Å². The summed E-state index contributed by atoms with van der Waals surface area (Å²) in [6.45, 7) is 3.46. The predicted molar refractivity (Wildman–Crippen MR) is 66.5 cm³/mol. The van der Waals surface area contributed by atoms with Gasteiger partial charge in [0, 0.05) is 11.6 Å². The van der Waals surface area contributed by atoms with Gasteiger partial charge in [-0.05, 0) is 25.5 Å². The molecule has 5 nitrogen and oxygen atoms in total. The Morgan fingerprint density at radius 2 is 2.00 bits per heavy atom. The Morgan fingerprint density at radius 1 is 1.40 bits per heavy atom. The van der Waals surface area contributed by atoms with Crippen LogP contribution in [0.1, 0.15) is 25.8 Å². The van der Waals surface area contributed by atoms with Crippen LogP contribution in [0.4, 0.5) is 18.9 Å². The fourth-order valence-corrected chi connectivity index (χ4v) is 1.30. The van der Waals surface area contributed by atoms with Crippen LogP contribution in [0.25, 0.3) is 0 Å². The number of hydrogen-bond acceptors (Lipinski definition) is 4. The van der Waals surface area contributed by atoms with Crippen molar-refractivity contribution in [2.75, 3.05) is 6.61 Å². The van der Waals surface area contributed by atoms with Crippen LogP contribution < -0.4 is 10.5 Å². The number of rotatable bonds is 5. The maximum absolute atomic E-state index is 12.5. The number of benzene rings is 1. The van der Waals surface area contributed by atoms with Gasteiger partial charge in [-0.3, -0.25) is 10.1 Å². The summed E-state index contributed by atoms with van der Waals surface area (Å²) >= 11 is 0. The van der Waals surface area contributed by atoms with Crippen molar-refractivity contribution in [2.24, 2.45) is 5.73 Å². The highest BCUT2D eigenvalue weighted by Gasteiger charge is 2.33. The molecule has 0 aliphatic carbocycles. The van der Waals surface area contributed by atoms with E-state index >= 15 is 0 Å². The van der Waals surface area contributed by atoms with E-state index in [1.807, 2.05) is 6.92 Å². The Kier molecular flexibility index (Phi) is 4.59. The van der Waals surface area contributed by atoms with Crippen LogP contribution >= 0.6 is 0 Å². The van der Waals surface area contributed by atoms with Gasteiger partial charge < -0.3 is 10.5 Å². The monoisotopic (exact) mass is 292 g/mol. The molecule has 0 bridgehead atoms. The normalized spacial score (nSPS) is 14.7. The Morgan fingerprint density at radius 3 is 2.45 bits per heavy atom. The highest BCUT2D eigenvalue weighted by atomic mass is 19.4.